The van der Waals surface area contributed by atoms with Crippen LogP contribution in [0, 0.1) is 0 Å². The third kappa shape index (κ3) is 5.92. The van der Waals surface area contributed by atoms with Crippen LogP contribution in [0.5, 0.6) is 5.75 Å². The molecule has 7 heteroatoms. The molecular formula is C17H25ClN2O4. The van der Waals surface area contributed by atoms with Gasteiger partial charge in [-0.05, 0) is 31.0 Å². The Balaban J connectivity index is 2.60. The Morgan fingerprint density at radius 2 is 1.96 bits per heavy atom. The highest BCUT2D eigenvalue weighted by atomic mass is 35.5. The van der Waals surface area contributed by atoms with Gasteiger partial charge in [0.15, 0.2) is 0 Å². The van der Waals surface area contributed by atoms with Gasteiger partial charge in [0.2, 0.25) is 5.91 Å². The van der Waals surface area contributed by atoms with Crippen LogP contribution in [0.15, 0.2) is 18.2 Å². The highest BCUT2D eigenvalue weighted by molar-refractivity contribution is 6.30. The Morgan fingerprint density at radius 1 is 1.29 bits per heavy atom. The molecule has 0 aromatic heterocycles. The van der Waals surface area contributed by atoms with Gasteiger partial charge in [-0.15, -0.1) is 0 Å². The molecule has 0 saturated heterocycles. The van der Waals surface area contributed by atoms with Crippen molar-refractivity contribution < 1.29 is 19.4 Å². The van der Waals surface area contributed by atoms with Crippen LogP contribution in [0.3, 0.4) is 0 Å². The van der Waals surface area contributed by atoms with Crippen molar-refractivity contribution >= 4 is 29.2 Å². The van der Waals surface area contributed by atoms with Crippen LogP contribution >= 0.6 is 11.6 Å². The smallest absolute Gasteiger partial charge is 0.305 e. The number of carbonyl (C=O) groups is 2. The second-order valence-electron chi connectivity index (χ2n) is 5.63. The van der Waals surface area contributed by atoms with E-state index in [4.69, 9.17) is 21.4 Å². The molecule has 0 radical (unpaired) electrons. The number of methoxy groups -OCH3 is 1. The average molecular weight is 357 g/mol. The molecular weight excluding hydrogens is 332 g/mol. The molecule has 1 aromatic rings. The van der Waals surface area contributed by atoms with Gasteiger partial charge >= 0.3 is 5.97 Å². The fraction of sp³-hybridized carbons (Fsp3) is 0.529. The van der Waals surface area contributed by atoms with E-state index in [1.165, 1.54) is 0 Å². The number of anilines is 1. The van der Waals surface area contributed by atoms with Gasteiger partial charge in [0.05, 0.1) is 19.2 Å². The molecule has 24 heavy (non-hydrogen) atoms. The van der Waals surface area contributed by atoms with Crippen LogP contribution in [0.4, 0.5) is 5.69 Å². The molecule has 134 valence electrons. The normalized spacial score (nSPS) is 11.0. The lowest BCUT2D eigenvalue weighted by molar-refractivity contribution is -0.139. The predicted octanol–water partition coefficient (Wildman–Crippen LogP) is 3.30. The lowest BCUT2D eigenvalue weighted by atomic mass is 9.89. The number of carbonyl (C=O) groups excluding carboxylic acids is 1. The van der Waals surface area contributed by atoms with E-state index in [0.717, 1.165) is 0 Å². The minimum Gasteiger partial charge on any atom is -0.495 e. The number of amides is 1. The summed E-state index contributed by atoms with van der Waals surface area (Å²) in [5.74, 6) is -0.462. The molecule has 0 aliphatic carbocycles. The lowest BCUT2D eigenvalue weighted by Crippen LogP contribution is -2.49. The number of carboxylic acids is 1. The quantitative estimate of drug-likeness (QED) is 0.598. The van der Waals surface area contributed by atoms with Crippen LogP contribution in [-0.2, 0) is 9.59 Å². The van der Waals surface area contributed by atoms with Crippen molar-refractivity contribution in [2.45, 2.75) is 45.1 Å². The van der Waals surface area contributed by atoms with Gasteiger partial charge in [0.1, 0.15) is 5.75 Å². The molecule has 1 amide bonds. The number of nitrogens with one attached hydrogen (secondary N) is 2. The summed E-state index contributed by atoms with van der Waals surface area (Å²) in [6.45, 7) is 4.14. The monoisotopic (exact) mass is 356 g/mol. The van der Waals surface area contributed by atoms with Crippen LogP contribution in [-0.4, -0.2) is 36.2 Å². The van der Waals surface area contributed by atoms with Crippen molar-refractivity contribution in [2.24, 2.45) is 0 Å². The zero-order chi connectivity index (χ0) is 18.2. The average Bonchev–Trinajstić information content (AvgIpc) is 2.54. The van der Waals surface area contributed by atoms with Crippen molar-refractivity contribution in [3.8, 4) is 5.75 Å². The summed E-state index contributed by atoms with van der Waals surface area (Å²) < 4.78 is 5.23. The molecule has 0 fully saturated rings. The lowest BCUT2D eigenvalue weighted by Gasteiger charge is -2.31. The highest BCUT2D eigenvalue weighted by Crippen LogP contribution is 2.27. The zero-order valence-electron chi connectivity index (χ0n) is 14.3. The Hall–Kier alpha value is -1.95. The van der Waals surface area contributed by atoms with E-state index in [9.17, 15) is 9.59 Å². The molecule has 0 atom stereocenters. The third-order valence-electron chi connectivity index (χ3n) is 4.08. The fourth-order valence-electron chi connectivity index (χ4n) is 2.50. The third-order valence-corrected chi connectivity index (χ3v) is 4.31. The predicted molar refractivity (Wildman–Crippen MR) is 94.8 cm³/mol. The van der Waals surface area contributed by atoms with E-state index in [2.05, 4.69) is 10.6 Å². The molecule has 0 heterocycles. The minimum absolute atomic E-state index is 0.0821. The number of halogens is 1. The van der Waals surface area contributed by atoms with Crippen molar-refractivity contribution in [1.29, 1.82) is 0 Å². The Labute approximate surface area is 147 Å². The largest absolute Gasteiger partial charge is 0.495 e. The van der Waals surface area contributed by atoms with Crippen LogP contribution < -0.4 is 15.4 Å². The van der Waals surface area contributed by atoms with Gasteiger partial charge in [0.25, 0.3) is 0 Å². The number of ether oxygens (including phenoxy) is 1. The zero-order valence-corrected chi connectivity index (χ0v) is 15.1. The molecule has 0 bridgehead atoms. The summed E-state index contributed by atoms with van der Waals surface area (Å²) in [5.41, 5.74) is 0.0111. The van der Waals surface area contributed by atoms with Crippen molar-refractivity contribution in [3.63, 3.8) is 0 Å². The summed E-state index contributed by atoms with van der Waals surface area (Å²) in [4.78, 5) is 23.2. The molecule has 3 N–H and O–H groups in total. The van der Waals surface area contributed by atoms with Crippen LogP contribution in [0.2, 0.25) is 5.02 Å². The molecule has 0 spiro atoms. The summed E-state index contributed by atoms with van der Waals surface area (Å²) in [6, 6.07) is 5.20. The number of hydrogen-bond donors (Lipinski definition) is 3. The highest BCUT2D eigenvalue weighted by Gasteiger charge is 2.30. The summed E-state index contributed by atoms with van der Waals surface area (Å²) in [7, 11) is 1.56. The Morgan fingerprint density at radius 3 is 2.50 bits per heavy atom. The molecule has 1 aromatic carbocycles. The fourth-order valence-corrected chi connectivity index (χ4v) is 2.67. The SMILES string of the molecule is CCC(CC)(CC(=O)O)NC(=O)CCNc1cc(Cl)ccc1OC. The van der Waals surface area contributed by atoms with Gasteiger partial charge in [-0.25, -0.2) is 0 Å². The van der Waals surface area contributed by atoms with E-state index in [1.54, 1.807) is 25.3 Å². The summed E-state index contributed by atoms with van der Waals surface area (Å²) in [6.07, 6.45) is 1.27. The maximum absolute atomic E-state index is 12.2. The van der Waals surface area contributed by atoms with E-state index in [0.29, 0.717) is 35.8 Å². The van der Waals surface area contributed by atoms with Crippen molar-refractivity contribution in [2.75, 3.05) is 19.0 Å². The minimum atomic E-state index is -0.916. The van der Waals surface area contributed by atoms with Crippen molar-refractivity contribution in [3.05, 3.63) is 23.2 Å². The molecule has 6 nitrogen and oxygen atoms in total. The van der Waals surface area contributed by atoms with E-state index >= 15 is 0 Å². The summed E-state index contributed by atoms with van der Waals surface area (Å²) >= 11 is 5.96. The molecule has 1 rings (SSSR count). The second kappa shape index (κ2) is 9.37. The molecule has 0 aliphatic heterocycles. The van der Waals surface area contributed by atoms with E-state index in [1.807, 2.05) is 13.8 Å². The van der Waals surface area contributed by atoms with Crippen LogP contribution in [0.1, 0.15) is 39.5 Å². The number of carboxylic acid groups (broad SMARTS) is 1. The molecule has 0 saturated carbocycles. The number of hydrogen-bond acceptors (Lipinski definition) is 4. The summed E-state index contributed by atoms with van der Waals surface area (Å²) in [5, 5.41) is 15.6. The second-order valence-corrected chi connectivity index (χ2v) is 6.06. The number of benzene rings is 1. The van der Waals surface area contributed by atoms with Gasteiger partial charge in [-0.1, -0.05) is 25.4 Å². The Bertz CT molecular complexity index is 574. The first-order valence-corrected chi connectivity index (χ1v) is 8.33. The van der Waals surface area contributed by atoms with Gasteiger partial charge in [-0.3, -0.25) is 9.59 Å². The first-order valence-electron chi connectivity index (χ1n) is 7.96. The first-order chi connectivity index (χ1) is 11.4. The van der Waals surface area contributed by atoms with E-state index in [-0.39, 0.29) is 18.7 Å². The van der Waals surface area contributed by atoms with E-state index < -0.39 is 11.5 Å². The first kappa shape index (κ1) is 20.1. The number of aliphatic carboxylic acids is 1. The topological polar surface area (TPSA) is 87.7 Å². The number of rotatable bonds is 10. The Kier molecular flexibility index (Phi) is 7.85. The molecule has 0 aliphatic rings. The standard InChI is InChI=1S/C17H25ClN2O4/c1-4-17(5-2,11-16(22)23)20-15(21)8-9-19-13-10-12(18)6-7-14(13)24-3/h6-7,10,19H,4-5,8-9,11H2,1-3H3,(H,20,21)(H,22,23). The van der Waals surface area contributed by atoms with Gasteiger partial charge in [-0.2, -0.15) is 0 Å². The molecule has 0 unspecified atom stereocenters. The maximum Gasteiger partial charge on any atom is 0.305 e. The maximum atomic E-state index is 12.2. The van der Waals surface area contributed by atoms with Crippen LogP contribution in [0.25, 0.3) is 0 Å². The van der Waals surface area contributed by atoms with Gasteiger partial charge < -0.3 is 20.5 Å². The van der Waals surface area contributed by atoms with Gasteiger partial charge in [0, 0.05) is 23.5 Å². The van der Waals surface area contributed by atoms with Crippen molar-refractivity contribution in [1.82, 2.24) is 5.32 Å².